The van der Waals surface area contributed by atoms with Gasteiger partial charge in [-0.15, -0.1) is 0 Å². The topological polar surface area (TPSA) is 68.3 Å². The molecule has 0 bridgehead atoms. The molecule has 1 heterocycles. The highest BCUT2D eigenvalue weighted by molar-refractivity contribution is 7.92. The molecule has 0 aliphatic heterocycles. The van der Waals surface area contributed by atoms with Crippen LogP contribution in [0.2, 0.25) is 0 Å². The number of sulfonamides is 1. The van der Waals surface area contributed by atoms with Crippen molar-refractivity contribution in [1.82, 2.24) is 4.98 Å². The molecule has 9 heteroatoms. The van der Waals surface area contributed by atoms with Gasteiger partial charge in [0.15, 0.2) is 5.60 Å². The molecule has 0 amide bonds. The molecule has 1 aromatic rings. The number of hydrogen-bond acceptors (Lipinski definition) is 4. The predicted octanol–water partition coefficient (Wildman–Crippen LogP) is 3.60. The van der Waals surface area contributed by atoms with Gasteiger partial charge in [-0.3, -0.25) is 9.71 Å². The standard InChI is InChI=1S/C16H21F3N2O3S/c1-24-15(16(17,18)19)7-5-12(6-8-15)3-4-13-9-14(11-20-10-13)21-25(2,22)23/h3-4,9-12,21H,5-8H2,1-2H3/b4-3+. The molecule has 1 saturated carbocycles. The van der Waals surface area contributed by atoms with Crippen LogP contribution >= 0.6 is 0 Å². The molecule has 1 aliphatic carbocycles. The van der Waals surface area contributed by atoms with Crippen molar-refractivity contribution in [1.29, 1.82) is 0 Å². The Morgan fingerprint density at radius 1 is 1.32 bits per heavy atom. The van der Waals surface area contributed by atoms with Gasteiger partial charge in [-0.25, -0.2) is 8.42 Å². The summed E-state index contributed by atoms with van der Waals surface area (Å²) in [6.07, 6.45) is 3.81. The number of ether oxygens (including phenoxy) is 1. The highest BCUT2D eigenvalue weighted by Gasteiger charge is 2.56. The maximum Gasteiger partial charge on any atom is 0.417 e. The molecule has 1 aromatic heterocycles. The van der Waals surface area contributed by atoms with E-state index in [0.717, 1.165) is 13.4 Å². The molecule has 0 aromatic carbocycles. The van der Waals surface area contributed by atoms with Gasteiger partial charge in [0.1, 0.15) is 0 Å². The van der Waals surface area contributed by atoms with E-state index in [1.165, 1.54) is 6.20 Å². The van der Waals surface area contributed by atoms with Crippen LogP contribution in [0.3, 0.4) is 0 Å². The lowest BCUT2D eigenvalue weighted by Crippen LogP contribution is -2.49. The molecule has 0 unspecified atom stereocenters. The van der Waals surface area contributed by atoms with Gasteiger partial charge >= 0.3 is 6.18 Å². The summed E-state index contributed by atoms with van der Waals surface area (Å²) < 4.78 is 69.0. The molecule has 5 nitrogen and oxygen atoms in total. The van der Waals surface area contributed by atoms with E-state index in [1.807, 2.05) is 6.08 Å². The Morgan fingerprint density at radius 3 is 2.48 bits per heavy atom. The minimum atomic E-state index is -4.37. The third-order valence-electron chi connectivity index (χ3n) is 4.37. The Hall–Kier alpha value is -1.61. The molecule has 1 fully saturated rings. The molecule has 0 saturated heterocycles. The van der Waals surface area contributed by atoms with E-state index >= 15 is 0 Å². The zero-order valence-electron chi connectivity index (χ0n) is 14.0. The van der Waals surface area contributed by atoms with E-state index in [0.29, 0.717) is 24.1 Å². The number of anilines is 1. The van der Waals surface area contributed by atoms with E-state index in [-0.39, 0.29) is 18.8 Å². The summed E-state index contributed by atoms with van der Waals surface area (Å²) in [7, 11) is -2.29. The van der Waals surface area contributed by atoms with Crippen molar-refractivity contribution in [3.8, 4) is 0 Å². The minimum Gasteiger partial charge on any atom is -0.369 e. The van der Waals surface area contributed by atoms with Gasteiger partial charge in [0.05, 0.1) is 18.1 Å². The summed E-state index contributed by atoms with van der Waals surface area (Å²) in [6.45, 7) is 0. The number of aromatic nitrogens is 1. The number of allylic oxidation sites excluding steroid dienone is 1. The van der Waals surface area contributed by atoms with Crippen molar-refractivity contribution < 1.29 is 26.3 Å². The monoisotopic (exact) mass is 378 g/mol. The fourth-order valence-electron chi connectivity index (χ4n) is 2.97. The maximum atomic E-state index is 13.1. The van der Waals surface area contributed by atoms with Crippen LogP contribution < -0.4 is 4.72 Å². The number of nitrogens with one attached hydrogen (secondary N) is 1. The minimum absolute atomic E-state index is 0.0112. The first-order valence-corrected chi connectivity index (χ1v) is 9.67. The molecule has 25 heavy (non-hydrogen) atoms. The van der Waals surface area contributed by atoms with Crippen LogP contribution in [0.25, 0.3) is 6.08 Å². The van der Waals surface area contributed by atoms with Crippen LogP contribution in [0.1, 0.15) is 31.2 Å². The summed E-state index contributed by atoms with van der Waals surface area (Å²) in [5.41, 5.74) is -1.03. The van der Waals surface area contributed by atoms with E-state index < -0.39 is 21.8 Å². The number of methoxy groups -OCH3 is 1. The van der Waals surface area contributed by atoms with Gasteiger partial charge in [-0.2, -0.15) is 13.2 Å². The molecule has 140 valence electrons. The lowest BCUT2D eigenvalue weighted by molar-refractivity contribution is -0.281. The largest absolute Gasteiger partial charge is 0.417 e. The number of hydrogen-bond donors (Lipinski definition) is 1. The van der Waals surface area contributed by atoms with Crippen LogP contribution in [-0.2, 0) is 14.8 Å². The fraction of sp³-hybridized carbons (Fsp3) is 0.562. The van der Waals surface area contributed by atoms with Crippen molar-refractivity contribution in [2.75, 3.05) is 18.1 Å². The van der Waals surface area contributed by atoms with Gasteiger partial charge in [0.25, 0.3) is 0 Å². The van der Waals surface area contributed by atoms with Crippen LogP contribution in [0.5, 0.6) is 0 Å². The average Bonchev–Trinajstić information content (AvgIpc) is 2.51. The number of pyridine rings is 1. The van der Waals surface area contributed by atoms with Crippen LogP contribution in [0.15, 0.2) is 24.5 Å². The van der Waals surface area contributed by atoms with Crippen molar-refractivity contribution >= 4 is 21.8 Å². The van der Waals surface area contributed by atoms with E-state index in [1.54, 1.807) is 18.3 Å². The molecule has 0 atom stereocenters. The van der Waals surface area contributed by atoms with Crippen LogP contribution in [0, 0.1) is 5.92 Å². The first-order chi connectivity index (χ1) is 11.5. The Bertz CT molecular complexity index is 724. The average molecular weight is 378 g/mol. The number of alkyl halides is 3. The van der Waals surface area contributed by atoms with Crippen LogP contribution in [0.4, 0.5) is 18.9 Å². The van der Waals surface area contributed by atoms with E-state index in [9.17, 15) is 21.6 Å². The second-order valence-electron chi connectivity index (χ2n) is 6.27. The molecular weight excluding hydrogens is 357 g/mol. The Morgan fingerprint density at radius 2 is 1.96 bits per heavy atom. The van der Waals surface area contributed by atoms with E-state index in [4.69, 9.17) is 4.74 Å². The Kier molecular flexibility index (Phi) is 5.78. The Labute approximate surface area is 145 Å². The van der Waals surface area contributed by atoms with Gasteiger partial charge in [-0.05, 0) is 43.2 Å². The summed E-state index contributed by atoms with van der Waals surface area (Å²) in [6, 6.07) is 1.61. The third kappa shape index (κ3) is 5.18. The first-order valence-electron chi connectivity index (χ1n) is 7.78. The number of nitrogens with zero attached hydrogens (tertiary/aromatic N) is 1. The lowest BCUT2D eigenvalue weighted by Gasteiger charge is -2.39. The quantitative estimate of drug-likeness (QED) is 0.850. The second-order valence-corrected chi connectivity index (χ2v) is 8.02. The normalized spacial score (nSPS) is 25.2. The number of rotatable bonds is 5. The first kappa shape index (κ1) is 19.7. The zero-order valence-corrected chi connectivity index (χ0v) is 14.8. The van der Waals surface area contributed by atoms with E-state index in [2.05, 4.69) is 9.71 Å². The van der Waals surface area contributed by atoms with Gasteiger partial charge in [0, 0.05) is 13.3 Å². The summed E-state index contributed by atoms with van der Waals surface area (Å²) >= 11 is 0. The highest BCUT2D eigenvalue weighted by Crippen LogP contribution is 2.45. The Balaban J connectivity index is 2.01. The fourth-order valence-corrected chi connectivity index (χ4v) is 3.51. The molecule has 2 rings (SSSR count). The van der Waals surface area contributed by atoms with Crippen LogP contribution in [-0.4, -0.2) is 38.5 Å². The molecule has 1 N–H and O–H groups in total. The number of halogens is 3. The molecule has 0 spiro atoms. The summed E-state index contributed by atoms with van der Waals surface area (Å²) in [4.78, 5) is 3.95. The molecule has 1 aliphatic rings. The third-order valence-corrected chi connectivity index (χ3v) is 4.98. The highest BCUT2D eigenvalue weighted by atomic mass is 32.2. The van der Waals surface area contributed by atoms with Crippen molar-refractivity contribution in [2.45, 2.75) is 37.5 Å². The maximum absolute atomic E-state index is 13.1. The summed E-state index contributed by atoms with van der Waals surface area (Å²) in [5.74, 6) is 0.0112. The van der Waals surface area contributed by atoms with Gasteiger partial charge in [0.2, 0.25) is 10.0 Å². The van der Waals surface area contributed by atoms with Crippen molar-refractivity contribution in [2.24, 2.45) is 5.92 Å². The van der Waals surface area contributed by atoms with Gasteiger partial charge in [-0.1, -0.05) is 12.2 Å². The smallest absolute Gasteiger partial charge is 0.369 e. The molecular formula is C16H21F3N2O3S. The predicted molar refractivity (Wildman–Crippen MR) is 89.5 cm³/mol. The van der Waals surface area contributed by atoms with Gasteiger partial charge < -0.3 is 4.74 Å². The zero-order chi connectivity index (χ0) is 18.7. The summed E-state index contributed by atoms with van der Waals surface area (Å²) in [5, 5.41) is 0. The second kappa shape index (κ2) is 7.33. The molecule has 0 radical (unpaired) electrons. The van der Waals surface area contributed by atoms with Crippen molar-refractivity contribution in [3.05, 3.63) is 30.1 Å². The van der Waals surface area contributed by atoms with Crippen molar-refractivity contribution in [3.63, 3.8) is 0 Å². The SMILES string of the molecule is COC1(C(F)(F)F)CCC(/C=C/c2cncc(NS(C)(=O)=O)c2)CC1. The lowest BCUT2D eigenvalue weighted by atomic mass is 9.78.